The van der Waals surface area contributed by atoms with Gasteiger partial charge in [-0.05, 0) is 37.6 Å². The van der Waals surface area contributed by atoms with Crippen molar-refractivity contribution in [2.24, 2.45) is 0 Å². The Bertz CT molecular complexity index is 826. The molecule has 172 valence electrons. The van der Waals surface area contributed by atoms with Crippen molar-refractivity contribution in [1.82, 2.24) is 15.5 Å². The molecule has 31 heavy (non-hydrogen) atoms. The fraction of sp³-hybridized carbons (Fsp3) is 0.636. The van der Waals surface area contributed by atoms with E-state index in [-0.39, 0.29) is 29.6 Å². The number of rotatable bonds is 11. The highest BCUT2D eigenvalue weighted by Gasteiger charge is 2.36. The molecule has 9 heteroatoms. The highest BCUT2D eigenvalue weighted by molar-refractivity contribution is 5.59. The molecule has 0 amide bonds. The van der Waals surface area contributed by atoms with Crippen molar-refractivity contribution in [1.29, 1.82) is 0 Å². The molecular weight excluding hydrogens is 411 g/mol. The first kappa shape index (κ1) is 23.5. The van der Waals surface area contributed by atoms with Gasteiger partial charge in [0, 0.05) is 5.56 Å². The van der Waals surface area contributed by atoms with Gasteiger partial charge in [0.1, 0.15) is 11.8 Å². The number of aliphatic hydroxyl groups excluding tert-OH is 1. The number of hydrogen-bond acceptors (Lipinski definition) is 6. The zero-order valence-corrected chi connectivity index (χ0v) is 17.7. The van der Waals surface area contributed by atoms with Crippen LogP contribution in [-0.4, -0.2) is 34.5 Å². The summed E-state index contributed by atoms with van der Waals surface area (Å²) in [4.78, 5) is 4.17. The summed E-state index contributed by atoms with van der Waals surface area (Å²) in [7, 11) is 0. The van der Waals surface area contributed by atoms with E-state index in [0.717, 1.165) is 31.7 Å². The van der Waals surface area contributed by atoms with Crippen LogP contribution >= 0.6 is 0 Å². The normalized spacial score (nSPS) is 19.1. The second-order valence-corrected chi connectivity index (χ2v) is 7.92. The summed E-state index contributed by atoms with van der Waals surface area (Å²) in [5.41, 5.74) is -0.684. The Balaban J connectivity index is 1.63. The molecule has 0 spiro atoms. The molecule has 3 rings (SSSR count). The molecule has 2 heterocycles. The summed E-state index contributed by atoms with van der Waals surface area (Å²) in [5.74, 6) is 0.00619. The van der Waals surface area contributed by atoms with Crippen molar-refractivity contribution in [2.45, 2.75) is 76.6 Å². The van der Waals surface area contributed by atoms with Crippen molar-refractivity contribution in [3.8, 4) is 17.1 Å². The fourth-order valence-electron chi connectivity index (χ4n) is 3.68. The molecule has 1 fully saturated rings. The molecule has 0 unspecified atom stereocenters. The minimum atomic E-state index is -4.57. The summed E-state index contributed by atoms with van der Waals surface area (Å²) in [6.45, 7) is 3.01. The summed E-state index contributed by atoms with van der Waals surface area (Å²) >= 11 is 0. The lowest BCUT2D eigenvalue weighted by Crippen LogP contribution is -2.21. The first-order valence-electron chi connectivity index (χ1n) is 11.0. The quantitative estimate of drug-likeness (QED) is 0.462. The minimum absolute atomic E-state index is 0.0417. The summed E-state index contributed by atoms with van der Waals surface area (Å²) in [6.07, 6.45) is 2.79. The third-order valence-electron chi connectivity index (χ3n) is 5.45. The van der Waals surface area contributed by atoms with E-state index in [9.17, 15) is 18.3 Å². The van der Waals surface area contributed by atoms with Gasteiger partial charge < -0.3 is 19.7 Å². The first-order chi connectivity index (χ1) is 14.9. The van der Waals surface area contributed by atoms with E-state index in [1.165, 1.54) is 31.4 Å². The van der Waals surface area contributed by atoms with Gasteiger partial charge in [-0.25, -0.2) is 0 Å². The topological polar surface area (TPSA) is 80.4 Å². The van der Waals surface area contributed by atoms with E-state index in [2.05, 4.69) is 22.4 Å². The molecule has 6 nitrogen and oxygen atoms in total. The Morgan fingerprint density at radius 1 is 1.16 bits per heavy atom. The maximum absolute atomic E-state index is 13.6. The standard InChI is InChI=1S/C22H30F3N3O3/c1-2-3-4-5-6-7-8-13-30-18-10-9-15(14-16(18)22(23,24)25)20-27-21(31-28-20)19-17(29)11-12-26-19/h9-10,14,17,19,26,29H,2-8,11-13H2,1H3/t17-,19-/m0/s1. The van der Waals surface area contributed by atoms with Gasteiger partial charge in [0.05, 0.1) is 18.3 Å². The van der Waals surface area contributed by atoms with Crippen molar-refractivity contribution >= 4 is 0 Å². The molecular formula is C22H30F3N3O3. The van der Waals surface area contributed by atoms with Crippen LogP contribution in [0.2, 0.25) is 0 Å². The number of unbranched alkanes of at least 4 members (excludes halogenated alkanes) is 6. The van der Waals surface area contributed by atoms with E-state index in [4.69, 9.17) is 9.26 Å². The first-order valence-corrected chi connectivity index (χ1v) is 11.0. The van der Waals surface area contributed by atoms with E-state index in [1.807, 2.05) is 0 Å². The van der Waals surface area contributed by atoms with Crippen LogP contribution < -0.4 is 10.1 Å². The smallest absolute Gasteiger partial charge is 0.419 e. The zero-order chi connectivity index (χ0) is 22.3. The molecule has 2 N–H and O–H groups in total. The van der Waals surface area contributed by atoms with Gasteiger partial charge in [-0.2, -0.15) is 18.2 Å². The second-order valence-electron chi connectivity index (χ2n) is 7.92. The number of halogens is 3. The van der Waals surface area contributed by atoms with Crippen molar-refractivity contribution in [3.63, 3.8) is 0 Å². The highest BCUT2D eigenvalue weighted by atomic mass is 19.4. The average molecular weight is 441 g/mol. The largest absolute Gasteiger partial charge is 0.493 e. The number of aliphatic hydroxyl groups is 1. The van der Waals surface area contributed by atoms with Gasteiger partial charge in [0.15, 0.2) is 0 Å². The Kier molecular flexibility index (Phi) is 8.31. The van der Waals surface area contributed by atoms with Crippen LogP contribution in [0.5, 0.6) is 5.75 Å². The van der Waals surface area contributed by atoms with Gasteiger partial charge in [-0.15, -0.1) is 0 Å². The predicted molar refractivity (Wildman–Crippen MR) is 110 cm³/mol. The number of hydrogen-bond donors (Lipinski definition) is 2. The summed E-state index contributed by atoms with van der Waals surface area (Å²) in [5, 5.41) is 16.8. The number of nitrogens with zero attached hydrogens (tertiary/aromatic N) is 2. The van der Waals surface area contributed by atoms with Gasteiger partial charge in [-0.3, -0.25) is 0 Å². The molecule has 1 aromatic carbocycles. The van der Waals surface area contributed by atoms with Gasteiger partial charge in [0.25, 0.3) is 0 Å². The number of alkyl halides is 3. The molecule has 0 aliphatic carbocycles. The molecule has 1 aromatic heterocycles. The Hall–Kier alpha value is -2.13. The van der Waals surface area contributed by atoms with Crippen LogP contribution in [0.4, 0.5) is 13.2 Å². The predicted octanol–water partition coefficient (Wildman–Crippen LogP) is 5.28. The van der Waals surface area contributed by atoms with Crippen molar-refractivity contribution in [3.05, 3.63) is 29.7 Å². The molecule has 0 radical (unpaired) electrons. The number of benzene rings is 1. The third-order valence-corrected chi connectivity index (χ3v) is 5.45. The SMILES string of the molecule is CCCCCCCCCOc1ccc(-c2noc([C@H]3NCC[C@@H]3O)n2)cc1C(F)(F)F. The second kappa shape index (κ2) is 10.9. The van der Waals surface area contributed by atoms with Crippen LogP contribution in [-0.2, 0) is 6.18 Å². The van der Waals surface area contributed by atoms with Crippen LogP contribution in [0.15, 0.2) is 22.7 Å². The molecule has 1 saturated heterocycles. The Morgan fingerprint density at radius 2 is 1.90 bits per heavy atom. The van der Waals surface area contributed by atoms with Crippen LogP contribution in [0, 0.1) is 0 Å². The average Bonchev–Trinajstić information content (AvgIpc) is 3.38. The lowest BCUT2D eigenvalue weighted by Gasteiger charge is -2.15. The number of ether oxygens (including phenoxy) is 1. The molecule has 0 bridgehead atoms. The third kappa shape index (κ3) is 6.43. The number of nitrogens with one attached hydrogen (secondary N) is 1. The van der Waals surface area contributed by atoms with Gasteiger partial charge in [0.2, 0.25) is 11.7 Å². The fourth-order valence-corrected chi connectivity index (χ4v) is 3.68. The van der Waals surface area contributed by atoms with Crippen LogP contribution in [0.1, 0.15) is 75.8 Å². The number of aromatic nitrogens is 2. The maximum Gasteiger partial charge on any atom is 0.419 e. The monoisotopic (exact) mass is 441 g/mol. The van der Waals surface area contributed by atoms with E-state index in [0.29, 0.717) is 13.0 Å². The maximum atomic E-state index is 13.6. The van der Waals surface area contributed by atoms with Gasteiger partial charge >= 0.3 is 6.18 Å². The van der Waals surface area contributed by atoms with Crippen LogP contribution in [0.25, 0.3) is 11.4 Å². The Morgan fingerprint density at radius 3 is 2.58 bits per heavy atom. The van der Waals surface area contributed by atoms with E-state index in [1.54, 1.807) is 0 Å². The zero-order valence-electron chi connectivity index (χ0n) is 17.7. The molecule has 0 saturated carbocycles. The van der Waals surface area contributed by atoms with E-state index >= 15 is 0 Å². The summed E-state index contributed by atoms with van der Waals surface area (Å²) in [6, 6.07) is 3.27. The van der Waals surface area contributed by atoms with Gasteiger partial charge in [-0.1, -0.05) is 50.6 Å². The van der Waals surface area contributed by atoms with Crippen molar-refractivity contribution < 1.29 is 27.5 Å². The van der Waals surface area contributed by atoms with Crippen LogP contribution in [0.3, 0.4) is 0 Å². The molecule has 1 aliphatic rings. The molecule has 2 aromatic rings. The van der Waals surface area contributed by atoms with E-state index < -0.39 is 23.9 Å². The molecule has 1 aliphatic heterocycles. The lowest BCUT2D eigenvalue weighted by molar-refractivity contribution is -0.138. The highest BCUT2D eigenvalue weighted by Crippen LogP contribution is 2.38. The van der Waals surface area contributed by atoms with Crippen molar-refractivity contribution in [2.75, 3.05) is 13.2 Å². The Labute approximate surface area is 180 Å². The molecule has 2 atom stereocenters. The lowest BCUT2D eigenvalue weighted by atomic mass is 10.1. The minimum Gasteiger partial charge on any atom is -0.493 e. The summed E-state index contributed by atoms with van der Waals surface area (Å²) < 4.78 is 51.4.